The van der Waals surface area contributed by atoms with E-state index < -0.39 is 10.0 Å². The van der Waals surface area contributed by atoms with Gasteiger partial charge in [-0.15, -0.1) is 0 Å². The molecule has 0 spiro atoms. The van der Waals surface area contributed by atoms with Crippen molar-refractivity contribution in [2.24, 2.45) is 0 Å². The van der Waals surface area contributed by atoms with Crippen LogP contribution in [0.1, 0.15) is 12.5 Å². The second kappa shape index (κ2) is 6.13. The molecule has 0 radical (unpaired) electrons. The minimum absolute atomic E-state index is 0.0572. The number of benzene rings is 1. The van der Waals surface area contributed by atoms with Gasteiger partial charge in [0.15, 0.2) is 0 Å². The zero-order valence-corrected chi connectivity index (χ0v) is 11.6. The first-order valence-corrected chi connectivity index (χ1v) is 7.12. The fourth-order valence-corrected chi connectivity index (χ4v) is 2.83. The standard InChI is InChI=1S/C13H19NO3S/c1-11(2)10-14(3)18(16,17)13-6-4-12(5-7-13)8-9-15/h4-7,15H,1,8-10H2,2-3H3. The molecule has 1 aromatic rings. The molecule has 0 amide bonds. The maximum Gasteiger partial charge on any atom is 0.243 e. The first-order valence-electron chi connectivity index (χ1n) is 5.68. The molecule has 0 aliphatic carbocycles. The van der Waals surface area contributed by atoms with Crippen LogP contribution in [0.25, 0.3) is 0 Å². The molecule has 1 N–H and O–H groups in total. The van der Waals surface area contributed by atoms with Crippen molar-refractivity contribution in [3.63, 3.8) is 0 Å². The Kier molecular flexibility index (Phi) is 5.07. The lowest BCUT2D eigenvalue weighted by atomic mass is 10.2. The Balaban J connectivity index is 2.94. The van der Waals surface area contributed by atoms with Crippen molar-refractivity contribution in [1.29, 1.82) is 0 Å². The highest BCUT2D eigenvalue weighted by atomic mass is 32.2. The lowest BCUT2D eigenvalue weighted by molar-refractivity contribution is 0.299. The van der Waals surface area contributed by atoms with Crippen LogP contribution in [0.15, 0.2) is 41.3 Å². The van der Waals surface area contributed by atoms with E-state index in [2.05, 4.69) is 6.58 Å². The van der Waals surface area contributed by atoms with E-state index in [1.54, 1.807) is 31.2 Å². The predicted molar refractivity (Wildman–Crippen MR) is 71.9 cm³/mol. The van der Waals surface area contributed by atoms with Crippen molar-refractivity contribution in [3.05, 3.63) is 42.0 Å². The van der Waals surface area contributed by atoms with E-state index in [1.807, 2.05) is 0 Å². The van der Waals surface area contributed by atoms with Crippen LogP contribution in [0.4, 0.5) is 0 Å². The van der Waals surface area contributed by atoms with Gasteiger partial charge in [0.25, 0.3) is 0 Å². The normalized spacial score (nSPS) is 11.8. The van der Waals surface area contributed by atoms with Crippen molar-refractivity contribution in [3.8, 4) is 0 Å². The first kappa shape index (κ1) is 14.9. The Morgan fingerprint density at radius 3 is 2.33 bits per heavy atom. The smallest absolute Gasteiger partial charge is 0.243 e. The van der Waals surface area contributed by atoms with Gasteiger partial charge in [-0.1, -0.05) is 24.3 Å². The van der Waals surface area contributed by atoms with Crippen LogP contribution in [0.5, 0.6) is 0 Å². The van der Waals surface area contributed by atoms with E-state index in [1.165, 1.54) is 11.4 Å². The van der Waals surface area contributed by atoms with E-state index in [0.717, 1.165) is 11.1 Å². The lowest BCUT2D eigenvalue weighted by Crippen LogP contribution is -2.28. The molecule has 18 heavy (non-hydrogen) atoms. The maximum atomic E-state index is 12.2. The quantitative estimate of drug-likeness (QED) is 0.795. The first-order chi connectivity index (χ1) is 8.37. The van der Waals surface area contributed by atoms with Crippen LogP contribution in [-0.2, 0) is 16.4 Å². The summed E-state index contributed by atoms with van der Waals surface area (Å²) in [5, 5.41) is 8.80. The Labute approximate surface area is 109 Å². The minimum atomic E-state index is -3.46. The number of sulfonamides is 1. The SMILES string of the molecule is C=C(C)CN(C)S(=O)(=O)c1ccc(CCO)cc1. The summed E-state index contributed by atoms with van der Waals surface area (Å²) in [5.74, 6) is 0. The Bertz CT molecular complexity index is 506. The van der Waals surface area contributed by atoms with Gasteiger partial charge in [0.2, 0.25) is 10.0 Å². The summed E-state index contributed by atoms with van der Waals surface area (Å²) in [6.45, 7) is 5.86. The molecule has 0 atom stereocenters. The van der Waals surface area contributed by atoms with E-state index in [-0.39, 0.29) is 11.5 Å². The summed E-state index contributed by atoms with van der Waals surface area (Å²) >= 11 is 0. The van der Waals surface area contributed by atoms with Gasteiger partial charge in [-0.3, -0.25) is 0 Å². The highest BCUT2D eigenvalue weighted by Crippen LogP contribution is 2.16. The summed E-state index contributed by atoms with van der Waals surface area (Å²) in [5.41, 5.74) is 1.71. The van der Waals surface area contributed by atoms with Gasteiger partial charge in [-0.2, -0.15) is 4.31 Å². The molecule has 5 heteroatoms. The molecule has 0 saturated carbocycles. The Morgan fingerprint density at radius 2 is 1.89 bits per heavy atom. The number of nitrogens with zero attached hydrogens (tertiary/aromatic N) is 1. The summed E-state index contributed by atoms with van der Waals surface area (Å²) < 4.78 is 25.6. The minimum Gasteiger partial charge on any atom is -0.396 e. The summed E-state index contributed by atoms with van der Waals surface area (Å²) in [6, 6.07) is 6.57. The van der Waals surface area contributed by atoms with E-state index in [0.29, 0.717) is 13.0 Å². The van der Waals surface area contributed by atoms with Gasteiger partial charge in [0.1, 0.15) is 0 Å². The zero-order chi connectivity index (χ0) is 13.8. The third kappa shape index (κ3) is 3.66. The molecule has 0 fully saturated rings. The topological polar surface area (TPSA) is 57.6 Å². The van der Waals surface area contributed by atoms with Crippen LogP contribution in [0.2, 0.25) is 0 Å². The molecule has 0 unspecified atom stereocenters. The average molecular weight is 269 g/mol. The largest absolute Gasteiger partial charge is 0.396 e. The van der Waals surface area contributed by atoms with Crippen LogP contribution in [0.3, 0.4) is 0 Å². The van der Waals surface area contributed by atoms with Crippen molar-refractivity contribution in [2.75, 3.05) is 20.2 Å². The van der Waals surface area contributed by atoms with Crippen LogP contribution in [0, 0.1) is 0 Å². The third-order valence-corrected chi connectivity index (χ3v) is 4.34. The number of aliphatic hydroxyl groups excluding tert-OH is 1. The van der Waals surface area contributed by atoms with Crippen molar-refractivity contribution < 1.29 is 13.5 Å². The molecular weight excluding hydrogens is 250 g/mol. The maximum absolute atomic E-state index is 12.2. The van der Waals surface area contributed by atoms with Crippen molar-refractivity contribution in [1.82, 2.24) is 4.31 Å². The van der Waals surface area contributed by atoms with Crippen molar-refractivity contribution in [2.45, 2.75) is 18.2 Å². The van der Waals surface area contributed by atoms with Gasteiger partial charge in [0, 0.05) is 20.2 Å². The van der Waals surface area contributed by atoms with Gasteiger partial charge in [-0.05, 0) is 31.0 Å². The second-order valence-corrected chi connectivity index (χ2v) is 6.38. The lowest BCUT2D eigenvalue weighted by Gasteiger charge is -2.17. The third-order valence-electron chi connectivity index (χ3n) is 2.52. The van der Waals surface area contributed by atoms with E-state index in [9.17, 15) is 8.42 Å². The highest BCUT2D eigenvalue weighted by molar-refractivity contribution is 7.89. The van der Waals surface area contributed by atoms with E-state index >= 15 is 0 Å². The molecular formula is C13H19NO3S. The average Bonchev–Trinajstić information content (AvgIpc) is 2.29. The van der Waals surface area contributed by atoms with Gasteiger partial charge < -0.3 is 5.11 Å². The molecule has 0 aliphatic heterocycles. The van der Waals surface area contributed by atoms with Gasteiger partial charge in [-0.25, -0.2) is 8.42 Å². The molecule has 4 nitrogen and oxygen atoms in total. The highest BCUT2D eigenvalue weighted by Gasteiger charge is 2.20. The molecule has 0 aliphatic rings. The monoisotopic (exact) mass is 269 g/mol. The molecule has 1 rings (SSSR count). The Hall–Kier alpha value is -1.17. The van der Waals surface area contributed by atoms with Gasteiger partial charge >= 0.3 is 0 Å². The van der Waals surface area contributed by atoms with Crippen LogP contribution < -0.4 is 0 Å². The summed E-state index contributed by atoms with van der Waals surface area (Å²) in [6.07, 6.45) is 0.530. The molecule has 0 saturated heterocycles. The van der Waals surface area contributed by atoms with Crippen LogP contribution in [-0.4, -0.2) is 38.0 Å². The fraction of sp³-hybridized carbons (Fsp3) is 0.385. The second-order valence-electron chi connectivity index (χ2n) is 4.34. The number of aliphatic hydroxyl groups is 1. The molecule has 0 heterocycles. The number of hydrogen-bond donors (Lipinski definition) is 1. The molecule has 1 aromatic carbocycles. The summed E-state index contributed by atoms with van der Waals surface area (Å²) in [4.78, 5) is 0.257. The molecule has 0 bridgehead atoms. The number of rotatable bonds is 6. The van der Waals surface area contributed by atoms with Crippen molar-refractivity contribution >= 4 is 10.0 Å². The molecule has 100 valence electrons. The Morgan fingerprint density at radius 1 is 1.33 bits per heavy atom. The zero-order valence-electron chi connectivity index (χ0n) is 10.8. The van der Waals surface area contributed by atoms with Gasteiger partial charge in [0.05, 0.1) is 4.90 Å². The summed E-state index contributed by atoms with van der Waals surface area (Å²) in [7, 11) is -1.92. The van der Waals surface area contributed by atoms with E-state index in [4.69, 9.17) is 5.11 Å². The predicted octanol–water partition coefficient (Wildman–Crippen LogP) is 1.42. The molecule has 0 aromatic heterocycles. The number of likely N-dealkylation sites (N-methyl/N-ethyl adjacent to an activating group) is 1. The number of hydrogen-bond acceptors (Lipinski definition) is 3. The van der Waals surface area contributed by atoms with Crippen LogP contribution >= 0.6 is 0 Å². The fourth-order valence-electron chi connectivity index (χ4n) is 1.60.